The summed E-state index contributed by atoms with van der Waals surface area (Å²) in [5, 5.41) is 3.02. The fraction of sp³-hybridized carbons (Fsp3) is 0.286. The van der Waals surface area contributed by atoms with Gasteiger partial charge in [0.05, 0.1) is 15.6 Å². The van der Waals surface area contributed by atoms with Gasteiger partial charge in [-0.05, 0) is 69.7 Å². The molecule has 0 radical (unpaired) electrons. The number of hydrogen-bond donors (Lipinski definition) is 1. The van der Waals surface area contributed by atoms with Crippen molar-refractivity contribution in [1.82, 2.24) is 10.2 Å². The van der Waals surface area contributed by atoms with Gasteiger partial charge < -0.3 is 10.2 Å². The highest BCUT2D eigenvalue weighted by molar-refractivity contribution is 9.10. The Labute approximate surface area is 238 Å². The molecule has 0 fully saturated rings. The van der Waals surface area contributed by atoms with E-state index in [0.29, 0.717) is 0 Å². The summed E-state index contributed by atoms with van der Waals surface area (Å²) >= 11 is 9.86. The Morgan fingerprint density at radius 1 is 0.974 bits per heavy atom. The van der Waals surface area contributed by atoms with Gasteiger partial charge in [0.2, 0.25) is 11.8 Å². The number of para-hydroxylation sites is 1. The van der Waals surface area contributed by atoms with Gasteiger partial charge in [0.15, 0.2) is 0 Å². The van der Waals surface area contributed by atoms with Crippen molar-refractivity contribution in [2.75, 3.05) is 10.8 Å². The van der Waals surface area contributed by atoms with E-state index >= 15 is 0 Å². The minimum atomic E-state index is -4.17. The number of benzene rings is 3. The van der Waals surface area contributed by atoms with Crippen LogP contribution in [0.5, 0.6) is 0 Å². The molecule has 2 amide bonds. The van der Waals surface area contributed by atoms with Gasteiger partial charge in [-0.25, -0.2) is 8.42 Å². The number of nitrogens with one attached hydrogen (secondary N) is 1. The molecule has 3 aromatic carbocycles. The van der Waals surface area contributed by atoms with Crippen LogP contribution in [0.4, 0.5) is 5.69 Å². The SMILES string of the molecule is Cc1ccc(S(=O)(=O)N(CC(=O)N(Cc2cccc(Br)c2)[C@H](C)C(=O)NC(C)C)c2ccccc2Cl)cc1. The average Bonchev–Trinajstić information content (AvgIpc) is 2.85. The van der Waals surface area contributed by atoms with Crippen LogP contribution in [0.25, 0.3) is 0 Å². The Morgan fingerprint density at radius 2 is 1.63 bits per heavy atom. The normalized spacial score (nSPS) is 12.2. The zero-order valence-electron chi connectivity index (χ0n) is 21.7. The van der Waals surface area contributed by atoms with Crippen LogP contribution in [0.2, 0.25) is 5.02 Å². The maximum Gasteiger partial charge on any atom is 0.264 e. The summed E-state index contributed by atoms with van der Waals surface area (Å²) in [4.78, 5) is 28.2. The molecule has 0 bridgehead atoms. The van der Waals surface area contributed by atoms with Crippen LogP contribution in [0, 0.1) is 6.92 Å². The zero-order valence-corrected chi connectivity index (χ0v) is 24.8. The summed E-state index contributed by atoms with van der Waals surface area (Å²) in [7, 11) is -4.17. The Morgan fingerprint density at radius 3 is 2.24 bits per heavy atom. The molecule has 1 N–H and O–H groups in total. The number of hydrogen-bond acceptors (Lipinski definition) is 4. The number of halogens is 2. The van der Waals surface area contributed by atoms with Gasteiger partial charge in [0.1, 0.15) is 12.6 Å². The van der Waals surface area contributed by atoms with Gasteiger partial charge in [-0.15, -0.1) is 0 Å². The smallest absolute Gasteiger partial charge is 0.264 e. The lowest BCUT2D eigenvalue weighted by Gasteiger charge is -2.32. The first-order valence-electron chi connectivity index (χ1n) is 12.1. The molecule has 7 nitrogen and oxygen atoms in total. The second kappa shape index (κ2) is 12.8. The van der Waals surface area contributed by atoms with E-state index in [4.69, 9.17) is 11.6 Å². The first-order chi connectivity index (χ1) is 17.9. The van der Waals surface area contributed by atoms with E-state index in [1.807, 2.05) is 45.0 Å². The molecular weight excluding hydrogens is 590 g/mol. The first-order valence-corrected chi connectivity index (χ1v) is 14.7. The van der Waals surface area contributed by atoms with Gasteiger partial charge in [-0.3, -0.25) is 13.9 Å². The van der Waals surface area contributed by atoms with Crippen molar-refractivity contribution in [3.8, 4) is 0 Å². The molecule has 0 aliphatic carbocycles. The maximum atomic E-state index is 13.9. The number of carbonyl (C=O) groups is 2. The summed E-state index contributed by atoms with van der Waals surface area (Å²) in [6.45, 7) is 6.70. The molecular formula is C28H31BrClN3O4S. The van der Waals surface area contributed by atoms with Crippen molar-refractivity contribution < 1.29 is 18.0 Å². The number of carbonyl (C=O) groups excluding carboxylic acids is 2. The predicted octanol–water partition coefficient (Wildman–Crippen LogP) is 5.55. The van der Waals surface area contributed by atoms with E-state index in [-0.39, 0.29) is 34.1 Å². The van der Waals surface area contributed by atoms with Gasteiger partial charge >= 0.3 is 0 Å². The number of nitrogens with zero attached hydrogens (tertiary/aromatic N) is 2. The number of sulfonamides is 1. The third kappa shape index (κ3) is 7.36. The monoisotopic (exact) mass is 619 g/mol. The summed E-state index contributed by atoms with van der Waals surface area (Å²) < 4.78 is 29.5. The highest BCUT2D eigenvalue weighted by Crippen LogP contribution is 2.31. The predicted molar refractivity (Wildman–Crippen MR) is 155 cm³/mol. The first kappa shape index (κ1) is 29.7. The van der Waals surface area contributed by atoms with E-state index in [9.17, 15) is 18.0 Å². The number of aryl methyl sites for hydroxylation is 1. The quantitative estimate of drug-likeness (QED) is 0.322. The molecule has 0 spiro atoms. The molecule has 0 unspecified atom stereocenters. The van der Waals surface area contributed by atoms with E-state index in [2.05, 4.69) is 21.2 Å². The second-order valence-electron chi connectivity index (χ2n) is 9.27. The lowest BCUT2D eigenvalue weighted by atomic mass is 10.1. The summed E-state index contributed by atoms with van der Waals surface area (Å²) in [6, 6.07) is 19.2. The van der Waals surface area contributed by atoms with Crippen LogP contribution in [-0.2, 0) is 26.2 Å². The number of anilines is 1. The third-order valence-electron chi connectivity index (χ3n) is 5.85. The van der Waals surface area contributed by atoms with Crippen LogP contribution < -0.4 is 9.62 Å². The molecule has 3 rings (SSSR count). The lowest BCUT2D eigenvalue weighted by molar-refractivity contribution is -0.139. The Hall–Kier alpha value is -2.88. The molecule has 38 heavy (non-hydrogen) atoms. The summed E-state index contributed by atoms with van der Waals surface area (Å²) in [6.07, 6.45) is 0. The molecule has 0 heterocycles. The van der Waals surface area contributed by atoms with Crippen molar-refractivity contribution in [1.29, 1.82) is 0 Å². The Balaban J connectivity index is 2.05. The number of amides is 2. The van der Waals surface area contributed by atoms with E-state index in [0.717, 1.165) is 19.9 Å². The Kier molecular flexibility index (Phi) is 9.98. The minimum absolute atomic E-state index is 0.0277. The van der Waals surface area contributed by atoms with Gasteiger partial charge in [-0.2, -0.15) is 0 Å². The van der Waals surface area contributed by atoms with Crippen LogP contribution in [0.3, 0.4) is 0 Å². The highest BCUT2D eigenvalue weighted by atomic mass is 79.9. The molecule has 1 atom stereocenters. The van der Waals surface area contributed by atoms with Crippen molar-refractivity contribution in [3.05, 3.63) is 93.4 Å². The zero-order chi connectivity index (χ0) is 28.0. The van der Waals surface area contributed by atoms with Crippen LogP contribution >= 0.6 is 27.5 Å². The second-order valence-corrected chi connectivity index (χ2v) is 12.5. The fourth-order valence-electron chi connectivity index (χ4n) is 3.82. The fourth-order valence-corrected chi connectivity index (χ4v) is 5.99. The van der Waals surface area contributed by atoms with Crippen molar-refractivity contribution >= 4 is 55.1 Å². The summed E-state index contributed by atoms with van der Waals surface area (Å²) in [5.41, 5.74) is 1.85. The van der Waals surface area contributed by atoms with Crippen molar-refractivity contribution in [2.24, 2.45) is 0 Å². The van der Waals surface area contributed by atoms with Crippen LogP contribution in [0.1, 0.15) is 31.9 Å². The van der Waals surface area contributed by atoms with Gasteiger partial charge in [-0.1, -0.05) is 69.5 Å². The number of rotatable bonds is 10. The standard InChI is InChI=1S/C28H31BrClN3O4S/c1-19(2)31-28(35)21(4)32(17-22-8-7-9-23(29)16-22)27(34)18-33(26-11-6-5-10-25(26)30)38(36,37)24-14-12-20(3)13-15-24/h5-16,19,21H,17-18H2,1-4H3,(H,31,35)/t21-/m1/s1. The molecule has 202 valence electrons. The maximum absolute atomic E-state index is 13.9. The molecule has 10 heteroatoms. The molecule has 0 aromatic heterocycles. The molecule has 0 saturated carbocycles. The van der Waals surface area contributed by atoms with Crippen molar-refractivity contribution in [2.45, 2.75) is 51.2 Å². The highest BCUT2D eigenvalue weighted by Gasteiger charge is 2.33. The molecule has 0 aliphatic rings. The third-order valence-corrected chi connectivity index (χ3v) is 8.44. The minimum Gasteiger partial charge on any atom is -0.352 e. The molecule has 0 aliphatic heterocycles. The van der Waals surface area contributed by atoms with E-state index in [1.165, 1.54) is 17.0 Å². The topological polar surface area (TPSA) is 86.8 Å². The van der Waals surface area contributed by atoms with Crippen LogP contribution in [0.15, 0.2) is 82.2 Å². The largest absolute Gasteiger partial charge is 0.352 e. The molecule has 3 aromatic rings. The van der Waals surface area contributed by atoms with Crippen molar-refractivity contribution in [3.63, 3.8) is 0 Å². The Bertz CT molecular complexity index is 1400. The van der Waals surface area contributed by atoms with E-state index < -0.39 is 28.5 Å². The van der Waals surface area contributed by atoms with Crippen LogP contribution in [-0.4, -0.2) is 43.8 Å². The lowest BCUT2D eigenvalue weighted by Crippen LogP contribution is -2.52. The van der Waals surface area contributed by atoms with Gasteiger partial charge in [0, 0.05) is 17.1 Å². The average molecular weight is 621 g/mol. The molecule has 0 saturated heterocycles. The van der Waals surface area contributed by atoms with E-state index in [1.54, 1.807) is 43.3 Å². The summed E-state index contributed by atoms with van der Waals surface area (Å²) in [5.74, 6) is -0.888. The van der Waals surface area contributed by atoms with Gasteiger partial charge in [0.25, 0.3) is 10.0 Å².